The predicted octanol–water partition coefficient (Wildman–Crippen LogP) is 3.62. The maximum Gasteiger partial charge on any atom is 0.331 e. The van der Waals surface area contributed by atoms with Crippen molar-refractivity contribution in [1.29, 1.82) is 0 Å². The number of methoxy groups -OCH3 is 1. The summed E-state index contributed by atoms with van der Waals surface area (Å²) in [6, 6.07) is 0. The Hall–Kier alpha value is -1.66. The van der Waals surface area contributed by atoms with E-state index >= 15 is 0 Å². The van der Waals surface area contributed by atoms with E-state index in [1.54, 1.807) is 7.11 Å². The summed E-state index contributed by atoms with van der Waals surface area (Å²) >= 11 is 0. The number of carbonyl (C=O) groups excluding carboxylic acids is 2. The molecule has 6 fully saturated rings. The molecule has 0 aromatic heterocycles. The van der Waals surface area contributed by atoms with Crippen LogP contribution in [0.3, 0.4) is 0 Å². The summed E-state index contributed by atoms with van der Waals surface area (Å²) in [4.78, 5) is 26.9. The van der Waals surface area contributed by atoms with Crippen LogP contribution in [0, 0.1) is 57.7 Å². The lowest BCUT2D eigenvalue weighted by molar-refractivity contribution is -0.345. The van der Waals surface area contributed by atoms with E-state index in [0.29, 0.717) is 69.2 Å². The third-order valence-electron chi connectivity index (χ3n) is 17.6. The van der Waals surface area contributed by atoms with Gasteiger partial charge in [-0.05, 0) is 111 Å². The molecular weight excluding hydrogens is 662 g/mol. The van der Waals surface area contributed by atoms with Crippen LogP contribution in [-0.2, 0) is 19.1 Å². The maximum absolute atomic E-state index is 13.9. The molecule has 6 saturated carbocycles. The summed E-state index contributed by atoms with van der Waals surface area (Å²) in [5.41, 5.74) is -6.97. The average Bonchev–Trinajstić information content (AvgIpc) is 3.82. The van der Waals surface area contributed by atoms with Crippen molar-refractivity contribution >= 4 is 12.3 Å². The van der Waals surface area contributed by atoms with E-state index in [0.717, 1.165) is 24.7 Å². The van der Waals surface area contributed by atoms with Crippen molar-refractivity contribution in [2.24, 2.45) is 57.7 Å². The van der Waals surface area contributed by atoms with Crippen molar-refractivity contribution in [2.75, 3.05) is 33.4 Å². The van der Waals surface area contributed by atoms with Gasteiger partial charge in [0, 0.05) is 49.0 Å². The van der Waals surface area contributed by atoms with Gasteiger partial charge in [-0.1, -0.05) is 45.6 Å². The number of aldehydes is 1. The number of hydrogen-bond acceptors (Lipinski definition) is 10. The second-order valence-corrected chi connectivity index (χ2v) is 18.9. The van der Waals surface area contributed by atoms with E-state index in [1.807, 2.05) is 6.92 Å². The Bertz CT molecular complexity index is 1490. The SMILES string of the molecule is COCCCNCC1=CC2CC3(O)C4(O)CC5CC(C(C)C6CCCC6)CCC6C(O)CCC(C=O)(C4CCC3(C)C2(CO)C2=CC(=O)OC12)C56O. The van der Waals surface area contributed by atoms with Gasteiger partial charge in [-0.15, -0.1) is 0 Å². The van der Waals surface area contributed by atoms with Gasteiger partial charge in [-0.2, -0.15) is 0 Å². The minimum Gasteiger partial charge on any atom is -0.450 e. The van der Waals surface area contributed by atoms with Crippen molar-refractivity contribution in [2.45, 2.75) is 133 Å². The topological polar surface area (TPSA) is 166 Å². The van der Waals surface area contributed by atoms with Gasteiger partial charge in [0.15, 0.2) is 0 Å². The van der Waals surface area contributed by atoms with E-state index in [1.165, 1.54) is 31.8 Å². The third kappa shape index (κ3) is 4.61. The first-order chi connectivity index (χ1) is 24.8. The smallest absolute Gasteiger partial charge is 0.331 e. The van der Waals surface area contributed by atoms with Crippen LogP contribution in [-0.4, -0.2) is 100 Å². The zero-order valence-corrected chi connectivity index (χ0v) is 31.5. The van der Waals surface area contributed by atoms with Gasteiger partial charge in [-0.3, -0.25) is 0 Å². The van der Waals surface area contributed by atoms with Crippen LogP contribution in [0.15, 0.2) is 23.3 Å². The highest BCUT2D eigenvalue weighted by Gasteiger charge is 2.84. The molecule has 0 bridgehead atoms. The lowest BCUT2D eigenvalue weighted by atomic mass is 9.35. The van der Waals surface area contributed by atoms with Crippen molar-refractivity contribution < 1.29 is 44.6 Å². The van der Waals surface area contributed by atoms with E-state index in [-0.39, 0.29) is 31.8 Å². The molecule has 8 aliphatic rings. The molecule has 0 amide bonds. The standard InChI is InChI=1S/C42H63NO9/c1-25(26-7-4-5-8-26)27-9-10-31-33(46)11-14-38(23-44)34-12-13-37(2)39(24-45)29(21-41(37,49)40(34,48)20-30(17-27)42(31,38)50)18-28(22-43-15-6-16-51-3)36-32(39)19-35(47)52-36/h18-19,23,25-27,29-31,33-34,36,43,45-46,48-50H,4-17,20-22,24H2,1-3H3. The molecule has 0 aromatic rings. The number of fused-ring (bicyclic) bond motifs is 8. The number of nitrogens with one attached hydrogen (secondary N) is 1. The van der Waals surface area contributed by atoms with Crippen LogP contribution >= 0.6 is 0 Å². The minimum absolute atomic E-state index is 0.122. The third-order valence-corrected chi connectivity index (χ3v) is 17.6. The second-order valence-electron chi connectivity index (χ2n) is 18.9. The molecule has 290 valence electrons. The lowest BCUT2D eigenvalue weighted by Gasteiger charge is -2.72. The lowest BCUT2D eigenvalue weighted by Crippen LogP contribution is -2.81. The van der Waals surface area contributed by atoms with Crippen LogP contribution in [0.1, 0.15) is 104 Å². The van der Waals surface area contributed by atoms with Gasteiger partial charge < -0.3 is 45.1 Å². The molecule has 7 aliphatic carbocycles. The van der Waals surface area contributed by atoms with E-state index < -0.39 is 74.9 Å². The van der Waals surface area contributed by atoms with E-state index in [2.05, 4.69) is 18.3 Å². The van der Waals surface area contributed by atoms with Gasteiger partial charge in [0.1, 0.15) is 18.0 Å². The quantitative estimate of drug-likeness (QED) is 0.0849. The number of hydrogen-bond donors (Lipinski definition) is 6. The Morgan fingerprint density at radius 1 is 1.06 bits per heavy atom. The van der Waals surface area contributed by atoms with E-state index in [4.69, 9.17) is 9.47 Å². The largest absolute Gasteiger partial charge is 0.450 e. The molecule has 0 radical (unpaired) electrons. The first-order valence-corrected chi connectivity index (χ1v) is 20.6. The van der Waals surface area contributed by atoms with Crippen LogP contribution in [0.2, 0.25) is 0 Å². The number of ether oxygens (including phenoxy) is 2. The highest BCUT2D eigenvalue weighted by atomic mass is 16.5. The number of rotatable bonds is 10. The highest BCUT2D eigenvalue weighted by Crippen LogP contribution is 2.79. The zero-order valence-electron chi connectivity index (χ0n) is 31.5. The summed E-state index contributed by atoms with van der Waals surface area (Å²) in [6.07, 6.45) is 12.6. The molecule has 0 saturated heterocycles. The molecule has 1 aliphatic heterocycles. The number of allylic oxidation sites excluding steroid dienone is 1. The summed E-state index contributed by atoms with van der Waals surface area (Å²) in [5.74, 6) is -1.28. The fourth-order valence-electron chi connectivity index (χ4n) is 15.0. The van der Waals surface area contributed by atoms with Gasteiger partial charge in [0.05, 0.1) is 29.3 Å². The average molecular weight is 726 g/mol. The monoisotopic (exact) mass is 725 g/mol. The van der Waals surface area contributed by atoms with Crippen LogP contribution in [0.25, 0.3) is 0 Å². The molecule has 0 aromatic carbocycles. The van der Waals surface area contributed by atoms with Crippen molar-refractivity contribution in [3.05, 3.63) is 23.3 Å². The van der Waals surface area contributed by atoms with Crippen LogP contribution < -0.4 is 5.32 Å². The second kappa shape index (κ2) is 13.0. The minimum atomic E-state index is -1.76. The van der Waals surface area contributed by atoms with Crippen molar-refractivity contribution in [3.63, 3.8) is 0 Å². The molecule has 0 spiro atoms. The Kier molecular flexibility index (Phi) is 9.29. The number of aliphatic hydroxyl groups excluding tert-OH is 2. The molecule has 14 atom stereocenters. The molecule has 14 unspecified atom stereocenters. The van der Waals surface area contributed by atoms with Gasteiger partial charge >= 0.3 is 5.97 Å². The molecule has 1 heterocycles. The number of aliphatic hydroxyl groups is 5. The van der Waals surface area contributed by atoms with Crippen LogP contribution in [0.5, 0.6) is 0 Å². The summed E-state index contributed by atoms with van der Waals surface area (Å²) < 4.78 is 11.1. The normalized spacial score (nSPS) is 50.1. The molecule has 6 N–H and O–H groups in total. The molecular formula is C42H63NO9. The number of carbonyl (C=O) groups is 2. The van der Waals surface area contributed by atoms with Gasteiger partial charge in [0.25, 0.3) is 0 Å². The predicted molar refractivity (Wildman–Crippen MR) is 193 cm³/mol. The van der Waals surface area contributed by atoms with Crippen molar-refractivity contribution in [1.82, 2.24) is 5.32 Å². The highest BCUT2D eigenvalue weighted by molar-refractivity contribution is 5.87. The fourth-order valence-corrected chi connectivity index (χ4v) is 15.0. The Morgan fingerprint density at radius 3 is 2.54 bits per heavy atom. The zero-order chi connectivity index (χ0) is 36.9. The summed E-state index contributed by atoms with van der Waals surface area (Å²) in [6.45, 7) is 5.77. The summed E-state index contributed by atoms with van der Waals surface area (Å²) in [5, 5.41) is 67.2. The molecule has 8 rings (SSSR count). The molecule has 52 heavy (non-hydrogen) atoms. The maximum atomic E-state index is 13.9. The first-order valence-electron chi connectivity index (χ1n) is 20.6. The first kappa shape index (κ1) is 37.3. The van der Waals surface area contributed by atoms with Gasteiger partial charge in [0.2, 0.25) is 0 Å². The Morgan fingerprint density at radius 2 is 1.83 bits per heavy atom. The summed E-state index contributed by atoms with van der Waals surface area (Å²) in [7, 11) is 1.67. The number of esters is 1. The van der Waals surface area contributed by atoms with Gasteiger partial charge in [-0.25, -0.2) is 4.79 Å². The molecule has 10 heteroatoms. The van der Waals surface area contributed by atoms with Crippen molar-refractivity contribution in [3.8, 4) is 0 Å². The molecule has 10 nitrogen and oxygen atoms in total. The fraction of sp³-hybridized carbons (Fsp3) is 0.857. The van der Waals surface area contributed by atoms with E-state index in [9.17, 15) is 35.1 Å². The van der Waals surface area contributed by atoms with Crippen LogP contribution in [0.4, 0.5) is 0 Å². The Labute approximate surface area is 308 Å². The Balaban J connectivity index is 1.22.